The first kappa shape index (κ1) is 22.3. The highest BCUT2D eigenvalue weighted by Crippen LogP contribution is 2.39. The summed E-state index contributed by atoms with van der Waals surface area (Å²) in [6.07, 6.45) is 2.12. The van der Waals surface area contributed by atoms with Crippen molar-refractivity contribution in [3.05, 3.63) is 35.4 Å². The number of carboxylic acids is 1. The van der Waals surface area contributed by atoms with Crippen molar-refractivity contribution in [1.82, 2.24) is 10.2 Å². The van der Waals surface area contributed by atoms with E-state index in [0.717, 1.165) is 29.3 Å². The van der Waals surface area contributed by atoms with Crippen LogP contribution in [0.2, 0.25) is 0 Å². The number of rotatable bonds is 5. The van der Waals surface area contributed by atoms with Crippen LogP contribution in [0.25, 0.3) is 0 Å². The van der Waals surface area contributed by atoms with Crippen molar-refractivity contribution in [3.8, 4) is 0 Å². The lowest BCUT2D eigenvalue weighted by Crippen LogP contribution is -2.56. The average molecular weight is 433 g/mol. The largest absolute Gasteiger partial charge is 0.480 e. The molecule has 1 saturated heterocycles. The van der Waals surface area contributed by atoms with E-state index in [1.807, 2.05) is 38.1 Å². The van der Waals surface area contributed by atoms with E-state index < -0.39 is 23.3 Å². The molecule has 1 fully saturated rings. The maximum Gasteiger partial charge on any atom is 0.326 e. The van der Waals surface area contributed by atoms with E-state index in [2.05, 4.69) is 5.32 Å². The fourth-order valence-electron chi connectivity index (χ4n) is 4.43. The number of hydrogen-bond acceptors (Lipinski definition) is 5. The van der Waals surface area contributed by atoms with Crippen molar-refractivity contribution in [3.63, 3.8) is 0 Å². The van der Waals surface area contributed by atoms with E-state index in [-0.39, 0.29) is 28.9 Å². The van der Waals surface area contributed by atoms with Gasteiger partial charge >= 0.3 is 5.97 Å². The summed E-state index contributed by atoms with van der Waals surface area (Å²) in [5, 5.41) is 11.8. The lowest BCUT2D eigenvalue weighted by atomic mass is 9.89. The molecule has 2 aliphatic rings. The smallest absolute Gasteiger partial charge is 0.326 e. The number of thioether (sulfide) groups is 1. The molecular formula is C22H28N2O5S. The molecule has 30 heavy (non-hydrogen) atoms. The quantitative estimate of drug-likeness (QED) is 0.741. The predicted octanol–water partition coefficient (Wildman–Crippen LogP) is 2.54. The van der Waals surface area contributed by atoms with E-state index in [1.165, 1.54) is 11.8 Å². The van der Waals surface area contributed by atoms with Crippen molar-refractivity contribution in [1.29, 1.82) is 0 Å². The molecular weight excluding hydrogens is 404 g/mol. The molecule has 0 bridgehead atoms. The molecule has 1 aromatic carbocycles. The Balaban J connectivity index is 1.95. The molecule has 2 amide bonds. The van der Waals surface area contributed by atoms with Gasteiger partial charge in [-0.15, -0.1) is 0 Å². The normalized spacial score (nSPS) is 24.5. The number of amides is 2. The van der Waals surface area contributed by atoms with E-state index >= 15 is 0 Å². The minimum atomic E-state index is -1.02. The third kappa shape index (κ3) is 4.53. The van der Waals surface area contributed by atoms with Crippen LogP contribution in [0, 0.1) is 5.92 Å². The summed E-state index contributed by atoms with van der Waals surface area (Å²) < 4.78 is 0. The maximum atomic E-state index is 13.5. The van der Waals surface area contributed by atoms with Crippen LogP contribution in [-0.4, -0.2) is 50.2 Å². The van der Waals surface area contributed by atoms with Gasteiger partial charge in [-0.25, -0.2) is 4.79 Å². The van der Waals surface area contributed by atoms with Gasteiger partial charge in [-0.1, -0.05) is 49.9 Å². The molecule has 8 heteroatoms. The summed E-state index contributed by atoms with van der Waals surface area (Å²) in [6, 6.07) is 5.57. The standard InChI is InChI=1S/C22H28N2O5S/c1-12(2)19(30-13(3)25)20(26)23-16-11-14-7-4-5-8-15(14)17-9-6-10-18(22(28)29)24(17)21(16)27/h4-5,7-8,12,16-19H,6,9-11H2,1-3H3,(H,23,26)(H,28,29)/t16-,17+,18-,19-/m0/s1. The molecule has 2 N–H and O–H groups in total. The van der Waals surface area contributed by atoms with Crippen LogP contribution in [0.1, 0.15) is 57.2 Å². The Labute approximate surface area is 180 Å². The third-order valence-electron chi connectivity index (χ3n) is 5.78. The number of benzene rings is 1. The summed E-state index contributed by atoms with van der Waals surface area (Å²) in [5.74, 6) is -1.86. The molecule has 162 valence electrons. The number of aliphatic carboxylic acids is 1. The zero-order chi connectivity index (χ0) is 22.0. The van der Waals surface area contributed by atoms with Gasteiger partial charge < -0.3 is 15.3 Å². The minimum absolute atomic E-state index is 0.0958. The zero-order valence-electron chi connectivity index (χ0n) is 17.5. The molecule has 0 aliphatic carbocycles. The van der Waals surface area contributed by atoms with Gasteiger partial charge in [-0.2, -0.15) is 0 Å². The monoisotopic (exact) mass is 432 g/mol. The van der Waals surface area contributed by atoms with Gasteiger partial charge in [0.15, 0.2) is 5.12 Å². The number of fused-ring (bicyclic) bond motifs is 3. The van der Waals surface area contributed by atoms with E-state index in [0.29, 0.717) is 19.3 Å². The van der Waals surface area contributed by atoms with Crippen molar-refractivity contribution in [2.75, 3.05) is 0 Å². The van der Waals surface area contributed by atoms with Gasteiger partial charge in [-0.3, -0.25) is 14.4 Å². The number of piperidine rings is 1. The summed E-state index contributed by atoms with van der Waals surface area (Å²) in [6.45, 7) is 5.12. The molecule has 0 spiro atoms. The number of hydrogen-bond donors (Lipinski definition) is 2. The molecule has 0 radical (unpaired) electrons. The molecule has 2 heterocycles. The molecule has 4 atom stereocenters. The lowest BCUT2D eigenvalue weighted by Gasteiger charge is -2.40. The van der Waals surface area contributed by atoms with Crippen LogP contribution in [-0.2, 0) is 25.6 Å². The highest BCUT2D eigenvalue weighted by atomic mass is 32.2. The first-order valence-corrected chi connectivity index (χ1v) is 11.2. The van der Waals surface area contributed by atoms with Crippen LogP contribution in [0.4, 0.5) is 0 Å². The molecule has 2 aliphatic heterocycles. The SMILES string of the molecule is CC(=O)S[C@H](C(=O)N[C@H]1Cc2ccccc2[C@H]2CCC[C@@H](C(=O)O)N2C1=O)C(C)C. The van der Waals surface area contributed by atoms with Gasteiger partial charge in [0.1, 0.15) is 12.1 Å². The number of carbonyl (C=O) groups excluding carboxylic acids is 3. The predicted molar refractivity (Wildman–Crippen MR) is 114 cm³/mol. The van der Waals surface area contributed by atoms with E-state index in [4.69, 9.17) is 0 Å². The van der Waals surface area contributed by atoms with Crippen LogP contribution in [0.15, 0.2) is 24.3 Å². The average Bonchev–Trinajstić information content (AvgIpc) is 2.81. The molecule has 0 unspecified atom stereocenters. The molecule has 3 rings (SSSR count). The van der Waals surface area contributed by atoms with Crippen molar-refractivity contribution >= 4 is 34.7 Å². The highest BCUT2D eigenvalue weighted by Gasteiger charge is 2.45. The van der Waals surface area contributed by atoms with Crippen molar-refractivity contribution in [2.24, 2.45) is 5.92 Å². The molecule has 1 aromatic rings. The summed E-state index contributed by atoms with van der Waals surface area (Å²) in [7, 11) is 0. The number of carbonyl (C=O) groups is 4. The zero-order valence-corrected chi connectivity index (χ0v) is 18.3. The van der Waals surface area contributed by atoms with Crippen LogP contribution in [0.3, 0.4) is 0 Å². The van der Waals surface area contributed by atoms with Gasteiger partial charge in [0.2, 0.25) is 11.8 Å². The summed E-state index contributed by atoms with van der Waals surface area (Å²) in [5.41, 5.74) is 1.89. The highest BCUT2D eigenvalue weighted by molar-refractivity contribution is 8.14. The molecule has 7 nitrogen and oxygen atoms in total. The second-order valence-corrected chi connectivity index (χ2v) is 9.60. The minimum Gasteiger partial charge on any atom is -0.480 e. The molecule has 0 aromatic heterocycles. The maximum absolute atomic E-state index is 13.5. The second-order valence-electron chi connectivity index (χ2n) is 8.28. The van der Waals surface area contributed by atoms with E-state index in [9.17, 15) is 24.3 Å². The van der Waals surface area contributed by atoms with Crippen molar-refractivity contribution < 1.29 is 24.3 Å². The lowest BCUT2D eigenvalue weighted by molar-refractivity contribution is -0.156. The Kier molecular flexibility index (Phi) is 6.85. The van der Waals surface area contributed by atoms with Gasteiger partial charge in [0, 0.05) is 13.3 Å². The fourth-order valence-corrected chi connectivity index (χ4v) is 5.23. The van der Waals surface area contributed by atoms with Crippen molar-refractivity contribution in [2.45, 2.75) is 69.8 Å². The first-order chi connectivity index (χ1) is 14.2. The Hall–Kier alpha value is -2.35. The Morgan fingerprint density at radius 3 is 2.53 bits per heavy atom. The summed E-state index contributed by atoms with van der Waals surface area (Å²) in [4.78, 5) is 51.4. The molecule has 0 saturated carbocycles. The Bertz CT molecular complexity index is 856. The second kappa shape index (κ2) is 9.20. The number of carboxylic acid groups (broad SMARTS) is 1. The van der Waals surface area contributed by atoms with Crippen LogP contribution >= 0.6 is 11.8 Å². The van der Waals surface area contributed by atoms with Crippen LogP contribution < -0.4 is 5.32 Å². The summed E-state index contributed by atoms with van der Waals surface area (Å²) >= 11 is 0.955. The van der Waals surface area contributed by atoms with E-state index in [1.54, 1.807) is 0 Å². The number of nitrogens with zero attached hydrogens (tertiary/aromatic N) is 1. The topological polar surface area (TPSA) is 104 Å². The third-order valence-corrected chi connectivity index (χ3v) is 7.12. The Morgan fingerprint density at radius 1 is 1.20 bits per heavy atom. The van der Waals surface area contributed by atoms with Gasteiger partial charge in [-0.05, 0) is 36.3 Å². The van der Waals surface area contributed by atoms with Gasteiger partial charge in [0.05, 0.1) is 11.3 Å². The van der Waals surface area contributed by atoms with Gasteiger partial charge in [0.25, 0.3) is 0 Å². The fraction of sp³-hybridized carbons (Fsp3) is 0.545. The number of nitrogens with one attached hydrogen (secondary N) is 1. The first-order valence-electron chi connectivity index (χ1n) is 10.3. The van der Waals surface area contributed by atoms with Crippen LogP contribution in [0.5, 0.6) is 0 Å². The Morgan fingerprint density at radius 2 is 1.90 bits per heavy atom.